The van der Waals surface area contributed by atoms with Crippen molar-refractivity contribution >= 4 is 28.9 Å². The standard InChI is InChI=1S/C19H24N2O5/c1-5-12(3)20-19(24)21-16(22)10-25-17(23)8-14-9-26-18-13(4)11(2)6-7-15(14)18/h6-7,9,12H,5,8,10H2,1-4H3,(H2,20,21,22,24)/t12-/m0/s1. The highest BCUT2D eigenvalue weighted by Crippen LogP contribution is 2.26. The molecule has 3 amide bonds. The van der Waals surface area contributed by atoms with Crippen molar-refractivity contribution < 1.29 is 23.5 Å². The van der Waals surface area contributed by atoms with Gasteiger partial charge in [0.15, 0.2) is 6.61 Å². The first-order valence-corrected chi connectivity index (χ1v) is 8.54. The lowest BCUT2D eigenvalue weighted by Gasteiger charge is -2.11. The summed E-state index contributed by atoms with van der Waals surface area (Å²) in [6.07, 6.45) is 2.26. The molecule has 2 aromatic rings. The number of aryl methyl sites for hydroxylation is 2. The second-order valence-corrected chi connectivity index (χ2v) is 6.31. The molecule has 1 aromatic heterocycles. The van der Waals surface area contributed by atoms with Gasteiger partial charge in [0.05, 0.1) is 12.7 Å². The number of imide groups is 1. The van der Waals surface area contributed by atoms with Crippen LogP contribution in [0.3, 0.4) is 0 Å². The Kier molecular flexibility index (Phi) is 6.38. The van der Waals surface area contributed by atoms with Gasteiger partial charge >= 0.3 is 12.0 Å². The van der Waals surface area contributed by atoms with E-state index in [1.165, 1.54) is 6.26 Å². The minimum Gasteiger partial charge on any atom is -0.464 e. The van der Waals surface area contributed by atoms with Crippen LogP contribution in [0.4, 0.5) is 4.79 Å². The molecule has 1 heterocycles. The van der Waals surface area contributed by atoms with Gasteiger partial charge in [0.25, 0.3) is 5.91 Å². The van der Waals surface area contributed by atoms with Gasteiger partial charge in [-0.05, 0) is 38.3 Å². The molecular weight excluding hydrogens is 336 g/mol. The molecule has 140 valence electrons. The topological polar surface area (TPSA) is 97.6 Å². The Bertz CT molecular complexity index is 825. The zero-order valence-corrected chi connectivity index (χ0v) is 15.5. The molecule has 2 rings (SSSR count). The van der Waals surface area contributed by atoms with E-state index in [0.717, 1.165) is 28.5 Å². The van der Waals surface area contributed by atoms with E-state index in [2.05, 4.69) is 10.6 Å². The molecular formula is C19H24N2O5. The molecule has 0 bridgehead atoms. The molecule has 0 fully saturated rings. The van der Waals surface area contributed by atoms with E-state index in [4.69, 9.17) is 9.15 Å². The Morgan fingerprint density at radius 2 is 1.96 bits per heavy atom. The lowest BCUT2D eigenvalue weighted by molar-refractivity contribution is -0.147. The van der Waals surface area contributed by atoms with E-state index in [0.29, 0.717) is 5.56 Å². The molecule has 26 heavy (non-hydrogen) atoms. The summed E-state index contributed by atoms with van der Waals surface area (Å²) in [6, 6.07) is 3.21. The first-order valence-electron chi connectivity index (χ1n) is 8.54. The van der Waals surface area contributed by atoms with Crippen molar-refractivity contribution in [3.05, 3.63) is 35.1 Å². The first kappa shape index (κ1) is 19.5. The van der Waals surface area contributed by atoms with Crippen LogP contribution in [0.25, 0.3) is 11.0 Å². The minimum absolute atomic E-state index is 0.0121. The van der Waals surface area contributed by atoms with Gasteiger partial charge in [-0.3, -0.25) is 14.9 Å². The summed E-state index contributed by atoms with van der Waals surface area (Å²) in [5, 5.41) is 5.56. The lowest BCUT2D eigenvalue weighted by atomic mass is 10.0. The zero-order chi connectivity index (χ0) is 19.3. The number of amides is 3. The smallest absolute Gasteiger partial charge is 0.321 e. The molecule has 0 unspecified atom stereocenters. The molecule has 0 aliphatic heterocycles. The third-order valence-corrected chi connectivity index (χ3v) is 4.28. The van der Waals surface area contributed by atoms with Crippen molar-refractivity contribution in [2.45, 2.75) is 46.6 Å². The van der Waals surface area contributed by atoms with Gasteiger partial charge in [0.2, 0.25) is 0 Å². The van der Waals surface area contributed by atoms with Crippen molar-refractivity contribution in [2.75, 3.05) is 6.61 Å². The maximum atomic E-state index is 12.0. The molecule has 0 radical (unpaired) electrons. The van der Waals surface area contributed by atoms with Crippen LogP contribution < -0.4 is 10.6 Å². The van der Waals surface area contributed by atoms with Gasteiger partial charge in [0, 0.05) is 17.0 Å². The summed E-state index contributed by atoms with van der Waals surface area (Å²) in [7, 11) is 0. The number of esters is 1. The van der Waals surface area contributed by atoms with Gasteiger partial charge in [-0.15, -0.1) is 0 Å². The summed E-state index contributed by atoms with van der Waals surface area (Å²) >= 11 is 0. The van der Waals surface area contributed by atoms with E-state index in [-0.39, 0.29) is 12.5 Å². The fourth-order valence-electron chi connectivity index (χ4n) is 2.40. The SMILES string of the molecule is CC[C@H](C)NC(=O)NC(=O)COC(=O)Cc1coc2c(C)c(C)ccc12. The van der Waals surface area contributed by atoms with E-state index in [9.17, 15) is 14.4 Å². The van der Waals surface area contributed by atoms with Crippen LogP contribution in [-0.4, -0.2) is 30.6 Å². The quantitative estimate of drug-likeness (QED) is 0.772. The summed E-state index contributed by atoms with van der Waals surface area (Å²) in [5.41, 5.74) is 3.57. The van der Waals surface area contributed by atoms with Crippen LogP contribution >= 0.6 is 0 Å². The molecule has 0 spiro atoms. The monoisotopic (exact) mass is 360 g/mol. The van der Waals surface area contributed by atoms with E-state index < -0.39 is 24.5 Å². The Morgan fingerprint density at radius 3 is 2.65 bits per heavy atom. The molecule has 0 saturated carbocycles. The highest BCUT2D eigenvalue weighted by atomic mass is 16.5. The van der Waals surface area contributed by atoms with E-state index in [1.807, 2.05) is 39.8 Å². The predicted molar refractivity (Wildman–Crippen MR) is 96.8 cm³/mol. The second-order valence-electron chi connectivity index (χ2n) is 6.31. The van der Waals surface area contributed by atoms with Crippen LogP contribution in [0.2, 0.25) is 0 Å². The number of hydrogen-bond donors (Lipinski definition) is 2. The molecule has 2 N–H and O–H groups in total. The largest absolute Gasteiger partial charge is 0.464 e. The van der Waals surface area contributed by atoms with Crippen molar-refractivity contribution in [2.24, 2.45) is 0 Å². The Balaban J connectivity index is 1.87. The third-order valence-electron chi connectivity index (χ3n) is 4.28. The number of hydrogen-bond acceptors (Lipinski definition) is 5. The second kappa shape index (κ2) is 8.51. The number of rotatable bonds is 6. The number of benzene rings is 1. The average molecular weight is 360 g/mol. The molecule has 0 aliphatic carbocycles. The van der Waals surface area contributed by atoms with Crippen molar-refractivity contribution in [1.29, 1.82) is 0 Å². The number of urea groups is 1. The Morgan fingerprint density at radius 1 is 1.23 bits per heavy atom. The van der Waals surface area contributed by atoms with Crippen molar-refractivity contribution in [3.8, 4) is 0 Å². The lowest BCUT2D eigenvalue weighted by Crippen LogP contribution is -2.44. The maximum absolute atomic E-state index is 12.0. The highest BCUT2D eigenvalue weighted by molar-refractivity contribution is 5.96. The van der Waals surface area contributed by atoms with Gasteiger partial charge in [-0.2, -0.15) is 0 Å². The van der Waals surface area contributed by atoms with Gasteiger partial charge in [0.1, 0.15) is 5.58 Å². The number of ether oxygens (including phenoxy) is 1. The van der Waals surface area contributed by atoms with Crippen LogP contribution in [-0.2, 0) is 20.7 Å². The molecule has 0 aliphatic rings. The normalized spacial score (nSPS) is 11.8. The summed E-state index contributed by atoms with van der Waals surface area (Å²) < 4.78 is 10.5. The molecule has 0 saturated heterocycles. The first-order chi connectivity index (χ1) is 12.3. The zero-order valence-electron chi connectivity index (χ0n) is 15.5. The van der Waals surface area contributed by atoms with E-state index in [1.54, 1.807) is 0 Å². The fourth-order valence-corrected chi connectivity index (χ4v) is 2.40. The highest BCUT2D eigenvalue weighted by Gasteiger charge is 2.16. The van der Waals surface area contributed by atoms with Gasteiger partial charge in [-0.25, -0.2) is 4.79 Å². The number of fused-ring (bicyclic) bond motifs is 1. The average Bonchev–Trinajstić information content (AvgIpc) is 2.99. The molecule has 1 atom stereocenters. The third kappa shape index (κ3) is 4.84. The molecule has 1 aromatic carbocycles. The van der Waals surface area contributed by atoms with E-state index >= 15 is 0 Å². The number of carbonyl (C=O) groups is 3. The van der Waals surface area contributed by atoms with Crippen LogP contribution in [0.1, 0.15) is 37.0 Å². The van der Waals surface area contributed by atoms with Crippen molar-refractivity contribution in [3.63, 3.8) is 0 Å². The summed E-state index contributed by atoms with van der Waals surface area (Å²) in [6.45, 7) is 7.17. The number of carbonyl (C=O) groups excluding carboxylic acids is 3. The van der Waals surface area contributed by atoms with Gasteiger partial charge < -0.3 is 14.5 Å². The summed E-state index contributed by atoms with van der Waals surface area (Å²) in [5.74, 6) is -1.24. The van der Waals surface area contributed by atoms with Crippen LogP contribution in [0.5, 0.6) is 0 Å². The van der Waals surface area contributed by atoms with Crippen molar-refractivity contribution in [1.82, 2.24) is 10.6 Å². The van der Waals surface area contributed by atoms with Gasteiger partial charge in [-0.1, -0.05) is 19.1 Å². The Hall–Kier alpha value is -2.83. The fraction of sp³-hybridized carbons (Fsp3) is 0.421. The van der Waals surface area contributed by atoms with Crippen LogP contribution in [0.15, 0.2) is 22.8 Å². The molecule has 7 heteroatoms. The maximum Gasteiger partial charge on any atom is 0.321 e. The summed E-state index contributed by atoms with van der Waals surface area (Å²) in [4.78, 5) is 35.2. The molecule has 7 nitrogen and oxygen atoms in total. The Labute approximate surface area is 152 Å². The number of furan rings is 1. The minimum atomic E-state index is -0.678. The van der Waals surface area contributed by atoms with Crippen LogP contribution in [0, 0.1) is 13.8 Å². The predicted octanol–water partition coefficient (Wildman–Crippen LogP) is 2.76. The number of nitrogens with one attached hydrogen (secondary N) is 2.